The molecule has 0 unspecified atom stereocenters. The molecule has 0 radical (unpaired) electrons. The van der Waals surface area contributed by atoms with Crippen molar-refractivity contribution in [2.75, 3.05) is 57.4 Å². The second kappa shape index (κ2) is 7.31. The van der Waals surface area contributed by atoms with E-state index in [0.717, 1.165) is 45.7 Å². The van der Waals surface area contributed by atoms with Crippen LogP contribution in [0.5, 0.6) is 0 Å². The summed E-state index contributed by atoms with van der Waals surface area (Å²) in [5.41, 5.74) is 0. The van der Waals surface area contributed by atoms with Gasteiger partial charge in [-0.1, -0.05) is 6.92 Å². The minimum Gasteiger partial charge on any atom is -0.395 e. The van der Waals surface area contributed by atoms with Gasteiger partial charge in [0.25, 0.3) is 0 Å². The molecule has 0 atom stereocenters. The Morgan fingerprint density at radius 3 is 2.06 bits per heavy atom. The van der Waals surface area contributed by atoms with Gasteiger partial charge in [-0.2, -0.15) is 0 Å². The molecule has 5 nitrogen and oxygen atoms in total. The molecule has 1 heterocycles. The van der Waals surface area contributed by atoms with E-state index in [1.807, 2.05) is 0 Å². The fraction of sp³-hybridized carbons (Fsp3) is 1.00. The van der Waals surface area contributed by atoms with Crippen LogP contribution >= 0.6 is 0 Å². The Morgan fingerprint density at radius 1 is 1.06 bits per heavy atom. The molecule has 17 heavy (non-hydrogen) atoms. The fourth-order valence-corrected chi connectivity index (χ4v) is 2.89. The Balaban J connectivity index is 2.14. The highest BCUT2D eigenvalue weighted by Gasteiger charge is 2.16. The SMILES string of the molecule is CCS(=O)(=O)CCCN1CCN(CCO)CC1. The molecule has 102 valence electrons. The van der Waals surface area contributed by atoms with Gasteiger partial charge in [0, 0.05) is 38.5 Å². The minimum absolute atomic E-state index is 0.217. The van der Waals surface area contributed by atoms with Gasteiger partial charge in [-0.15, -0.1) is 0 Å². The first kappa shape index (κ1) is 14.9. The third-order valence-electron chi connectivity index (χ3n) is 3.25. The Morgan fingerprint density at radius 2 is 1.59 bits per heavy atom. The topological polar surface area (TPSA) is 60.9 Å². The average Bonchev–Trinajstić information content (AvgIpc) is 2.32. The first-order valence-corrected chi connectivity index (χ1v) is 8.15. The van der Waals surface area contributed by atoms with Gasteiger partial charge in [0.15, 0.2) is 0 Å². The first-order valence-electron chi connectivity index (χ1n) is 6.33. The normalized spacial score (nSPS) is 19.6. The number of nitrogens with zero attached hydrogens (tertiary/aromatic N) is 2. The van der Waals surface area contributed by atoms with Gasteiger partial charge in [-0.05, 0) is 13.0 Å². The van der Waals surface area contributed by atoms with E-state index in [4.69, 9.17) is 5.11 Å². The molecule has 0 saturated carbocycles. The number of hydrogen-bond donors (Lipinski definition) is 1. The van der Waals surface area contributed by atoms with Crippen LogP contribution in [0.1, 0.15) is 13.3 Å². The molecule has 1 N–H and O–H groups in total. The van der Waals surface area contributed by atoms with Gasteiger partial charge < -0.3 is 10.0 Å². The second-order valence-corrected chi connectivity index (χ2v) is 6.97. The van der Waals surface area contributed by atoms with Crippen molar-refractivity contribution in [3.05, 3.63) is 0 Å². The maximum atomic E-state index is 11.3. The third-order valence-corrected chi connectivity index (χ3v) is 5.04. The van der Waals surface area contributed by atoms with Gasteiger partial charge in [0.2, 0.25) is 0 Å². The Kier molecular flexibility index (Phi) is 6.40. The molecule has 0 aromatic rings. The summed E-state index contributed by atoms with van der Waals surface area (Å²) in [7, 11) is -2.81. The van der Waals surface area contributed by atoms with Crippen molar-refractivity contribution >= 4 is 9.84 Å². The Bertz CT molecular complexity index is 298. The highest BCUT2D eigenvalue weighted by atomic mass is 32.2. The molecule has 1 aliphatic heterocycles. The third kappa shape index (κ3) is 5.81. The summed E-state index contributed by atoms with van der Waals surface area (Å²) in [5, 5.41) is 8.82. The summed E-state index contributed by atoms with van der Waals surface area (Å²) >= 11 is 0. The standard InChI is InChI=1S/C11H24N2O3S/c1-2-17(15,16)11-3-4-12-5-7-13(8-6-12)9-10-14/h14H,2-11H2,1H3. The van der Waals surface area contributed by atoms with E-state index in [9.17, 15) is 8.42 Å². The van der Waals surface area contributed by atoms with Crippen molar-refractivity contribution < 1.29 is 13.5 Å². The van der Waals surface area contributed by atoms with E-state index in [-0.39, 0.29) is 12.4 Å². The van der Waals surface area contributed by atoms with Crippen molar-refractivity contribution in [1.29, 1.82) is 0 Å². The summed E-state index contributed by atoms with van der Waals surface area (Å²) in [6, 6.07) is 0. The number of β-amino-alcohol motifs (C(OH)–C–C–N with tert-alkyl or cyclic N) is 1. The van der Waals surface area contributed by atoms with Crippen LogP contribution in [0, 0.1) is 0 Å². The highest BCUT2D eigenvalue weighted by molar-refractivity contribution is 7.91. The molecule has 0 aromatic heterocycles. The maximum Gasteiger partial charge on any atom is 0.150 e. The predicted molar refractivity (Wildman–Crippen MR) is 68.9 cm³/mol. The molecule has 1 saturated heterocycles. The average molecular weight is 264 g/mol. The molecule has 0 aliphatic carbocycles. The number of aliphatic hydroxyl groups excluding tert-OH is 1. The first-order chi connectivity index (χ1) is 8.07. The molecule has 1 fully saturated rings. The largest absolute Gasteiger partial charge is 0.395 e. The van der Waals surface area contributed by atoms with Crippen molar-refractivity contribution in [3.63, 3.8) is 0 Å². The number of hydrogen-bond acceptors (Lipinski definition) is 5. The second-order valence-electron chi connectivity index (χ2n) is 4.50. The Labute approximate surface area is 104 Å². The molecular formula is C11H24N2O3S. The van der Waals surface area contributed by atoms with E-state index in [2.05, 4.69) is 9.80 Å². The molecule has 1 aliphatic rings. The number of sulfone groups is 1. The summed E-state index contributed by atoms with van der Waals surface area (Å²) in [6.45, 7) is 7.43. The predicted octanol–water partition coefficient (Wildman–Crippen LogP) is -0.579. The van der Waals surface area contributed by atoms with Crippen LogP contribution in [0.2, 0.25) is 0 Å². The summed E-state index contributed by atoms with van der Waals surface area (Å²) < 4.78 is 22.6. The van der Waals surface area contributed by atoms with E-state index in [1.165, 1.54) is 0 Å². The lowest BCUT2D eigenvalue weighted by Gasteiger charge is -2.34. The van der Waals surface area contributed by atoms with Gasteiger partial charge in [0.1, 0.15) is 9.84 Å². The van der Waals surface area contributed by atoms with Gasteiger partial charge in [-0.25, -0.2) is 8.42 Å². The van der Waals surface area contributed by atoms with Gasteiger partial charge in [-0.3, -0.25) is 4.90 Å². The quantitative estimate of drug-likeness (QED) is 0.667. The number of aliphatic hydroxyl groups is 1. The monoisotopic (exact) mass is 264 g/mol. The minimum atomic E-state index is -2.81. The number of rotatable bonds is 7. The molecule has 0 aromatic carbocycles. The van der Waals surface area contributed by atoms with Crippen molar-refractivity contribution in [3.8, 4) is 0 Å². The van der Waals surface area contributed by atoms with Crippen LogP contribution < -0.4 is 0 Å². The summed E-state index contributed by atoms with van der Waals surface area (Å²) in [5.74, 6) is 0.553. The van der Waals surface area contributed by atoms with Crippen LogP contribution in [0.4, 0.5) is 0 Å². The van der Waals surface area contributed by atoms with Crippen LogP contribution in [0.15, 0.2) is 0 Å². The summed E-state index contributed by atoms with van der Waals surface area (Å²) in [4.78, 5) is 4.54. The van der Waals surface area contributed by atoms with Crippen LogP contribution in [-0.2, 0) is 9.84 Å². The van der Waals surface area contributed by atoms with E-state index < -0.39 is 9.84 Å². The van der Waals surface area contributed by atoms with Crippen molar-refractivity contribution in [2.45, 2.75) is 13.3 Å². The zero-order chi connectivity index (χ0) is 12.7. The van der Waals surface area contributed by atoms with Crippen LogP contribution in [0.3, 0.4) is 0 Å². The van der Waals surface area contributed by atoms with Crippen LogP contribution in [-0.4, -0.2) is 80.7 Å². The zero-order valence-electron chi connectivity index (χ0n) is 10.6. The molecule has 0 bridgehead atoms. The van der Waals surface area contributed by atoms with Gasteiger partial charge in [0.05, 0.1) is 12.4 Å². The van der Waals surface area contributed by atoms with Crippen molar-refractivity contribution in [1.82, 2.24) is 9.80 Å². The van der Waals surface area contributed by atoms with E-state index in [1.54, 1.807) is 6.92 Å². The molecule has 1 rings (SSSR count). The molecular weight excluding hydrogens is 240 g/mol. The fourth-order valence-electron chi connectivity index (χ4n) is 2.03. The van der Waals surface area contributed by atoms with E-state index in [0.29, 0.717) is 5.75 Å². The Hall–Kier alpha value is -0.170. The lowest BCUT2D eigenvalue weighted by Crippen LogP contribution is -2.47. The molecule has 0 amide bonds. The maximum absolute atomic E-state index is 11.3. The summed E-state index contributed by atoms with van der Waals surface area (Å²) in [6.07, 6.45) is 0.732. The highest BCUT2D eigenvalue weighted by Crippen LogP contribution is 2.03. The van der Waals surface area contributed by atoms with Crippen LogP contribution in [0.25, 0.3) is 0 Å². The lowest BCUT2D eigenvalue weighted by molar-refractivity contribution is 0.113. The molecule has 0 spiro atoms. The molecule has 6 heteroatoms. The zero-order valence-corrected chi connectivity index (χ0v) is 11.5. The van der Waals surface area contributed by atoms with E-state index >= 15 is 0 Å². The lowest BCUT2D eigenvalue weighted by atomic mass is 10.3. The number of piperazine rings is 1. The van der Waals surface area contributed by atoms with Crippen molar-refractivity contribution in [2.24, 2.45) is 0 Å². The smallest absolute Gasteiger partial charge is 0.150 e. The van der Waals surface area contributed by atoms with Gasteiger partial charge >= 0.3 is 0 Å².